The highest BCUT2D eigenvalue weighted by molar-refractivity contribution is 7.84. The lowest BCUT2D eigenvalue weighted by molar-refractivity contribution is -0.137. The molecule has 0 aromatic heterocycles. The van der Waals surface area contributed by atoms with Gasteiger partial charge in [0.25, 0.3) is 0 Å². The Morgan fingerprint density at radius 1 is 1.25 bits per heavy atom. The van der Waals surface area contributed by atoms with Crippen molar-refractivity contribution < 1.29 is 21.8 Å². The average molecular weight is 311 g/mol. The first-order chi connectivity index (χ1) is 9.04. The fourth-order valence-electron chi connectivity index (χ4n) is 1.73. The van der Waals surface area contributed by atoms with Crippen LogP contribution in [0.4, 0.5) is 17.6 Å². The second-order valence-electron chi connectivity index (χ2n) is 5.21. The summed E-state index contributed by atoms with van der Waals surface area (Å²) in [5.41, 5.74) is -0.779. The van der Waals surface area contributed by atoms with E-state index >= 15 is 0 Å². The molecule has 0 spiro atoms. The van der Waals surface area contributed by atoms with Gasteiger partial charge in [0.2, 0.25) is 0 Å². The summed E-state index contributed by atoms with van der Waals surface area (Å²) < 4.78 is 61.3. The van der Waals surface area contributed by atoms with Gasteiger partial charge in [-0.05, 0) is 50.8 Å². The van der Waals surface area contributed by atoms with Crippen LogP contribution in [0.2, 0.25) is 0 Å². The highest BCUT2D eigenvalue weighted by Gasteiger charge is 2.31. The number of aryl methyl sites for hydroxylation is 1. The maximum Gasteiger partial charge on any atom is 0.416 e. The van der Waals surface area contributed by atoms with Crippen LogP contribution in [0.3, 0.4) is 0 Å². The number of alkyl halides is 3. The Hall–Kier alpha value is -0.950. The highest BCUT2D eigenvalue weighted by atomic mass is 32.2. The third-order valence-electron chi connectivity index (χ3n) is 3.15. The van der Waals surface area contributed by atoms with Gasteiger partial charge in [-0.1, -0.05) is 6.07 Å². The molecule has 0 aliphatic heterocycles. The second-order valence-corrected chi connectivity index (χ2v) is 6.91. The maximum absolute atomic E-state index is 13.6. The van der Waals surface area contributed by atoms with Crippen molar-refractivity contribution in [2.24, 2.45) is 5.14 Å². The molecule has 1 aromatic rings. The van der Waals surface area contributed by atoms with E-state index in [0.29, 0.717) is 18.9 Å². The molecule has 0 fully saturated rings. The lowest BCUT2D eigenvalue weighted by Gasteiger charge is -2.20. The summed E-state index contributed by atoms with van der Waals surface area (Å²) in [6.45, 7) is 3.46. The zero-order valence-electron chi connectivity index (χ0n) is 11.3. The van der Waals surface area contributed by atoms with Crippen LogP contribution in [0.5, 0.6) is 0 Å². The molecule has 0 aliphatic rings. The fourth-order valence-corrected chi connectivity index (χ4v) is 2.08. The van der Waals surface area contributed by atoms with E-state index in [9.17, 15) is 21.8 Å². The van der Waals surface area contributed by atoms with Crippen molar-refractivity contribution in [1.29, 1.82) is 0 Å². The quantitative estimate of drug-likeness (QED) is 0.830. The summed E-state index contributed by atoms with van der Waals surface area (Å²) in [6.07, 6.45) is -3.27. The molecule has 2 nitrogen and oxygen atoms in total. The Balaban J connectivity index is 2.69. The lowest BCUT2D eigenvalue weighted by atomic mass is 10.0. The van der Waals surface area contributed by atoms with E-state index in [1.165, 1.54) is 0 Å². The monoisotopic (exact) mass is 311 g/mol. The minimum atomic E-state index is -4.54. The Bertz CT molecular complexity index is 500. The Morgan fingerprint density at radius 2 is 1.85 bits per heavy atom. The van der Waals surface area contributed by atoms with Gasteiger partial charge in [-0.2, -0.15) is 13.2 Å². The highest BCUT2D eigenvalue weighted by Crippen LogP contribution is 2.30. The van der Waals surface area contributed by atoms with E-state index in [-0.39, 0.29) is 12.0 Å². The largest absolute Gasteiger partial charge is 0.416 e. The molecule has 1 aromatic carbocycles. The molecule has 1 rings (SSSR count). The molecule has 0 aliphatic carbocycles. The van der Waals surface area contributed by atoms with Crippen LogP contribution in [-0.2, 0) is 23.6 Å². The van der Waals surface area contributed by atoms with Crippen molar-refractivity contribution in [2.75, 3.05) is 0 Å². The third-order valence-corrected chi connectivity index (χ3v) is 4.44. The third kappa shape index (κ3) is 4.56. The smallest absolute Gasteiger partial charge is 0.251 e. The molecule has 0 bridgehead atoms. The van der Waals surface area contributed by atoms with Gasteiger partial charge in [-0.3, -0.25) is 5.14 Å². The Labute approximate surface area is 117 Å². The van der Waals surface area contributed by atoms with E-state index in [1.807, 2.05) is 0 Å². The minimum absolute atomic E-state index is 0.219. The number of benzene rings is 1. The SMILES string of the molecule is CC(C)(CCCc1ccc(C(F)(F)F)cc1F)S(N)=O. The Kier molecular flexibility index (Phi) is 5.32. The van der Waals surface area contributed by atoms with Crippen molar-refractivity contribution in [3.8, 4) is 0 Å². The minimum Gasteiger partial charge on any atom is -0.251 e. The second kappa shape index (κ2) is 6.22. The summed E-state index contributed by atoms with van der Waals surface area (Å²) in [6, 6.07) is 2.51. The number of nitrogens with two attached hydrogens (primary N) is 1. The molecule has 114 valence electrons. The first-order valence-electron chi connectivity index (χ1n) is 6.06. The van der Waals surface area contributed by atoms with Crippen LogP contribution in [0.15, 0.2) is 18.2 Å². The predicted molar refractivity (Wildman–Crippen MR) is 70.7 cm³/mol. The molecular formula is C13H17F4NOS. The van der Waals surface area contributed by atoms with E-state index < -0.39 is 33.3 Å². The molecule has 0 saturated carbocycles. The summed E-state index contributed by atoms with van der Waals surface area (Å²) in [5.74, 6) is -0.869. The van der Waals surface area contributed by atoms with Gasteiger partial charge in [0.1, 0.15) is 5.82 Å². The van der Waals surface area contributed by atoms with Gasteiger partial charge in [0.15, 0.2) is 0 Å². The van der Waals surface area contributed by atoms with Gasteiger partial charge in [-0.15, -0.1) is 0 Å². The molecule has 20 heavy (non-hydrogen) atoms. The summed E-state index contributed by atoms with van der Waals surface area (Å²) in [4.78, 5) is 0. The molecule has 1 atom stereocenters. The molecule has 0 amide bonds. The molecule has 2 N–H and O–H groups in total. The summed E-state index contributed by atoms with van der Waals surface area (Å²) >= 11 is 0. The van der Waals surface area contributed by atoms with E-state index in [0.717, 1.165) is 12.1 Å². The number of hydrogen-bond acceptors (Lipinski definition) is 1. The maximum atomic E-state index is 13.6. The van der Waals surface area contributed by atoms with Crippen LogP contribution in [0, 0.1) is 5.82 Å². The van der Waals surface area contributed by atoms with E-state index in [4.69, 9.17) is 5.14 Å². The first-order valence-corrected chi connectivity index (χ1v) is 7.27. The van der Waals surface area contributed by atoms with E-state index in [1.54, 1.807) is 13.8 Å². The Morgan fingerprint density at radius 3 is 2.30 bits per heavy atom. The summed E-state index contributed by atoms with van der Waals surface area (Å²) in [5, 5.41) is 5.32. The molecular weight excluding hydrogens is 294 g/mol. The lowest BCUT2D eigenvalue weighted by Crippen LogP contribution is -2.31. The van der Waals surface area contributed by atoms with Crippen molar-refractivity contribution >= 4 is 11.0 Å². The zero-order chi connectivity index (χ0) is 15.6. The van der Waals surface area contributed by atoms with Gasteiger partial charge in [-0.25, -0.2) is 8.60 Å². The number of halogens is 4. The molecule has 7 heteroatoms. The first kappa shape index (κ1) is 17.1. The molecule has 1 unspecified atom stereocenters. The standard InChI is InChI=1S/C13H17F4NOS/c1-12(2,20(18)19)7-3-4-9-5-6-10(8-11(9)14)13(15,16)17/h5-6,8H,3-4,7,18H2,1-2H3. The number of hydrogen-bond donors (Lipinski definition) is 1. The van der Waals surface area contributed by atoms with Crippen LogP contribution < -0.4 is 5.14 Å². The van der Waals surface area contributed by atoms with Gasteiger partial charge in [0, 0.05) is 0 Å². The van der Waals surface area contributed by atoms with Crippen molar-refractivity contribution in [2.45, 2.75) is 44.0 Å². The van der Waals surface area contributed by atoms with Crippen LogP contribution in [0.1, 0.15) is 37.8 Å². The van der Waals surface area contributed by atoms with Crippen LogP contribution >= 0.6 is 0 Å². The van der Waals surface area contributed by atoms with Crippen molar-refractivity contribution in [3.63, 3.8) is 0 Å². The fraction of sp³-hybridized carbons (Fsp3) is 0.538. The normalized spacial score (nSPS) is 14.3. The van der Waals surface area contributed by atoms with E-state index in [2.05, 4.69) is 0 Å². The van der Waals surface area contributed by atoms with Crippen molar-refractivity contribution in [1.82, 2.24) is 0 Å². The summed E-state index contributed by atoms with van der Waals surface area (Å²) in [7, 11) is -1.50. The number of rotatable bonds is 5. The average Bonchev–Trinajstić information content (AvgIpc) is 2.29. The predicted octanol–water partition coefficient (Wildman–Crippen LogP) is 3.57. The van der Waals surface area contributed by atoms with Gasteiger partial charge >= 0.3 is 6.18 Å². The van der Waals surface area contributed by atoms with Gasteiger partial charge < -0.3 is 0 Å². The molecule has 0 heterocycles. The van der Waals surface area contributed by atoms with Gasteiger partial charge in [0.05, 0.1) is 21.3 Å². The van der Waals surface area contributed by atoms with Crippen molar-refractivity contribution in [3.05, 3.63) is 35.1 Å². The zero-order valence-corrected chi connectivity index (χ0v) is 12.1. The topological polar surface area (TPSA) is 43.1 Å². The molecule has 0 saturated heterocycles. The van der Waals surface area contributed by atoms with Crippen LogP contribution in [0.25, 0.3) is 0 Å². The molecule has 0 radical (unpaired) electrons. The van der Waals surface area contributed by atoms with Crippen LogP contribution in [-0.4, -0.2) is 8.96 Å².